The average molecular weight is 381 g/mol. The van der Waals surface area contributed by atoms with Crippen LogP contribution in [0.2, 0.25) is 0 Å². The minimum Gasteiger partial charge on any atom is -0.475 e. The first-order chi connectivity index (χ1) is 11.5. The van der Waals surface area contributed by atoms with Gasteiger partial charge in [-0.3, -0.25) is 4.98 Å². The van der Waals surface area contributed by atoms with Crippen molar-refractivity contribution in [3.05, 3.63) is 29.6 Å². The topological polar surface area (TPSA) is 122 Å². The lowest BCUT2D eigenvalue weighted by Gasteiger charge is -2.16. The molecule has 1 aliphatic heterocycles. The fraction of sp³-hybridized carbons (Fsp3) is 0.571. The highest BCUT2D eigenvalue weighted by Gasteiger charge is 2.54. The maximum absolute atomic E-state index is 11.7. The number of carboxylic acid groups (broad SMARTS) is 1. The summed E-state index contributed by atoms with van der Waals surface area (Å²) in [4.78, 5) is 13.2. The Balaban J connectivity index is 0.000000277. The summed E-state index contributed by atoms with van der Waals surface area (Å²) in [5, 5.41) is 15.8. The van der Waals surface area contributed by atoms with Crippen molar-refractivity contribution in [2.24, 2.45) is 5.14 Å². The summed E-state index contributed by atoms with van der Waals surface area (Å²) in [6.45, 7) is 0.997. The number of hydrogen-bond donors (Lipinski definition) is 3. The van der Waals surface area contributed by atoms with Gasteiger partial charge < -0.3 is 10.4 Å². The molecule has 0 aromatic carbocycles. The van der Waals surface area contributed by atoms with Gasteiger partial charge in [-0.25, -0.2) is 18.4 Å². The third-order valence-corrected chi connectivity index (χ3v) is 5.95. The first-order valence-corrected chi connectivity index (χ1v) is 9.04. The Labute approximate surface area is 142 Å². The summed E-state index contributed by atoms with van der Waals surface area (Å²) in [6.07, 6.45) is 0.0341. The molecule has 11 heteroatoms. The molecule has 3 rings (SSSR count). The van der Waals surface area contributed by atoms with Crippen LogP contribution in [0.15, 0.2) is 18.3 Å². The maximum Gasteiger partial charge on any atom is 0.490 e. The van der Waals surface area contributed by atoms with Crippen molar-refractivity contribution in [1.29, 1.82) is 0 Å². The van der Waals surface area contributed by atoms with E-state index < -0.39 is 26.9 Å². The number of carbonyl (C=O) groups is 1. The second-order valence-electron chi connectivity index (χ2n) is 5.96. The molecule has 2 heterocycles. The van der Waals surface area contributed by atoms with Crippen LogP contribution in [-0.2, 0) is 19.6 Å². The quantitative estimate of drug-likeness (QED) is 0.728. The zero-order valence-electron chi connectivity index (χ0n) is 13.1. The SMILES string of the molecule is NS(=O)(=O)C1(c2ccnc([C@H]3CCCN3)c2)CC1.O=C(O)C(F)(F)F. The molecule has 0 amide bonds. The number of hydrogen-bond acceptors (Lipinski definition) is 5. The van der Waals surface area contributed by atoms with E-state index in [1.807, 2.05) is 6.07 Å². The lowest BCUT2D eigenvalue weighted by atomic mass is 10.1. The number of aromatic nitrogens is 1. The molecule has 1 aromatic heterocycles. The molecule has 1 saturated heterocycles. The zero-order chi connectivity index (χ0) is 18.9. The monoisotopic (exact) mass is 381 g/mol. The van der Waals surface area contributed by atoms with E-state index in [-0.39, 0.29) is 6.04 Å². The van der Waals surface area contributed by atoms with Gasteiger partial charge in [0.1, 0.15) is 4.75 Å². The Morgan fingerprint density at radius 3 is 2.40 bits per heavy atom. The van der Waals surface area contributed by atoms with Gasteiger partial charge in [0.2, 0.25) is 10.0 Å². The highest BCUT2D eigenvalue weighted by atomic mass is 32.2. The molecule has 1 aliphatic carbocycles. The molecular formula is C14H18F3N3O4S. The van der Waals surface area contributed by atoms with E-state index in [4.69, 9.17) is 15.0 Å². The van der Waals surface area contributed by atoms with Crippen molar-refractivity contribution in [1.82, 2.24) is 10.3 Å². The Kier molecular flexibility index (Phi) is 5.40. The van der Waals surface area contributed by atoms with Crippen molar-refractivity contribution in [3.63, 3.8) is 0 Å². The van der Waals surface area contributed by atoms with Crippen LogP contribution >= 0.6 is 0 Å². The summed E-state index contributed by atoms with van der Waals surface area (Å²) < 4.78 is 54.3. The minimum atomic E-state index is -5.08. The molecule has 1 aromatic rings. The first kappa shape index (κ1) is 19.6. The number of primary sulfonamides is 1. The summed E-state index contributed by atoms with van der Waals surface area (Å²) in [6, 6.07) is 3.93. The number of alkyl halides is 3. The average Bonchev–Trinajstić information content (AvgIpc) is 3.16. The molecule has 1 atom stereocenters. The fourth-order valence-corrected chi connectivity index (χ4v) is 3.84. The standard InChI is InChI=1S/C12H17N3O2S.C2HF3O2/c13-18(16,17)12(4-5-12)9-3-7-15-11(8-9)10-2-1-6-14-10;3-2(4,5)1(6)7/h3,7-8,10,14H,1-2,4-6H2,(H2,13,16,17);(H,6,7)/t10-;/m1./s1. The predicted molar refractivity (Wildman–Crippen MR) is 81.9 cm³/mol. The zero-order valence-corrected chi connectivity index (χ0v) is 13.9. The Morgan fingerprint density at radius 1 is 1.40 bits per heavy atom. The van der Waals surface area contributed by atoms with E-state index in [9.17, 15) is 21.6 Å². The van der Waals surface area contributed by atoms with Crippen LogP contribution < -0.4 is 10.5 Å². The van der Waals surface area contributed by atoms with Crippen LogP contribution in [0.1, 0.15) is 43.0 Å². The summed E-state index contributed by atoms with van der Waals surface area (Å²) >= 11 is 0. The minimum absolute atomic E-state index is 0.251. The van der Waals surface area contributed by atoms with E-state index in [1.165, 1.54) is 0 Å². The van der Waals surface area contributed by atoms with E-state index in [0.717, 1.165) is 30.6 Å². The van der Waals surface area contributed by atoms with Crippen molar-refractivity contribution >= 4 is 16.0 Å². The third-order valence-electron chi connectivity index (χ3n) is 4.22. The second-order valence-corrected chi connectivity index (χ2v) is 7.83. The summed E-state index contributed by atoms with van der Waals surface area (Å²) in [7, 11) is -3.53. The fourth-order valence-electron chi connectivity index (χ4n) is 2.71. The van der Waals surface area contributed by atoms with Crippen molar-refractivity contribution in [2.45, 2.75) is 42.6 Å². The number of nitrogens with zero attached hydrogens (tertiary/aromatic N) is 1. The third kappa shape index (κ3) is 4.47. The van der Waals surface area contributed by atoms with Gasteiger partial charge in [-0.05, 0) is 49.9 Å². The van der Waals surface area contributed by atoms with E-state index >= 15 is 0 Å². The van der Waals surface area contributed by atoms with Gasteiger partial charge in [-0.15, -0.1) is 0 Å². The smallest absolute Gasteiger partial charge is 0.475 e. The number of rotatable bonds is 3. The van der Waals surface area contributed by atoms with Crippen molar-refractivity contribution in [3.8, 4) is 0 Å². The number of halogens is 3. The highest BCUT2D eigenvalue weighted by molar-refractivity contribution is 7.90. The molecule has 140 valence electrons. The molecule has 2 aliphatic rings. The number of nitrogens with one attached hydrogen (secondary N) is 1. The van der Waals surface area contributed by atoms with Crippen LogP contribution in [0.3, 0.4) is 0 Å². The van der Waals surface area contributed by atoms with E-state index in [1.54, 1.807) is 12.3 Å². The Morgan fingerprint density at radius 2 is 2.00 bits per heavy atom. The molecule has 2 fully saturated rings. The number of nitrogens with two attached hydrogens (primary N) is 1. The van der Waals surface area contributed by atoms with Gasteiger partial charge in [0.25, 0.3) is 0 Å². The number of carboxylic acids is 1. The number of pyridine rings is 1. The molecule has 0 bridgehead atoms. The van der Waals surface area contributed by atoms with E-state index in [2.05, 4.69) is 10.3 Å². The van der Waals surface area contributed by atoms with Gasteiger partial charge in [0.05, 0.1) is 5.69 Å². The molecular weight excluding hydrogens is 363 g/mol. The van der Waals surface area contributed by atoms with Gasteiger partial charge >= 0.3 is 12.1 Å². The lowest BCUT2D eigenvalue weighted by Crippen LogP contribution is -2.28. The summed E-state index contributed by atoms with van der Waals surface area (Å²) in [5.41, 5.74) is 1.73. The molecule has 4 N–H and O–H groups in total. The van der Waals surface area contributed by atoms with Gasteiger partial charge in [-0.1, -0.05) is 0 Å². The van der Waals surface area contributed by atoms with Crippen LogP contribution in [0.25, 0.3) is 0 Å². The van der Waals surface area contributed by atoms with Crippen molar-refractivity contribution < 1.29 is 31.5 Å². The normalized spacial score (nSPS) is 22.0. The molecule has 0 radical (unpaired) electrons. The van der Waals surface area contributed by atoms with Crippen LogP contribution in [0.5, 0.6) is 0 Å². The Bertz CT molecular complexity index is 742. The maximum atomic E-state index is 11.7. The van der Waals surface area contributed by atoms with Gasteiger partial charge in [0, 0.05) is 12.2 Å². The molecule has 25 heavy (non-hydrogen) atoms. The molecule has 0 spiro atoms. The predicted octanol–water partition coefficient (Wildman–Crippen LogP) is 1.42. The molecule has 7 nitrogen and oxygen atoms in total. The van der Waals surface area contributed by atoms with Crippen molar-refractivity contribution in [2.75, 3.05) is 6.54 Å². The second kappa shape index (κ2) is 6.89. The van der Waals surface area contributed by atoms with Crippen LogP contribution in [0.4, 0.5) is 13.2 Å². The molecule has 0 unspecified atom stereocenters. The first-order valence-electron chi connectivity index (χ1n) is 7.50. The number of aliphatic carboxylic acids is 1. The van der Waals surface area contributed by atoms with E-state index in [0.29, 0.717) is 12.8 Å². The van der Waals surface area contributed by atoms with Gasteiger partial charge in [0.15, 0.2) is 0 Å². The number of sulfonamides is 1. The van der Waals surface area contributed by atoms with Crippen LogP contribution in [0, 0.1) is 0 Å². The highest BCUT2D eigenvalue weighted by Crippen LogP contribution is 2.51. The lowest BCUT2D eigenvalue weighted by molar-refractivity contribution is -0.192. The van der Waals surface area contributed by atoms with Gasteiger partial charge in [-0.2, -0.15) is 13.2 Å². The Hall–Kier alpha value is -1.72. The summed E-state index contributed by atoms with van der Waals surface area (Å²) in [5.74, 6) is -2.76. The largest absolute Gasteiger partial charge is 0.490 e. The molecule has 1 saturated carbocycles. The van der Waals surface area contributed by atoms with Crippen LogP contribution in [-0.4, -0.2) is 37.2 Å².